The van der Waals surface area contributed by atoms with E-state index in [-0.39, 0.29) is 18.3 Å². The number of amides is 2. The highest BCUT2D eigenvalue weighted by Gasteiger charge is 2.30. The summed E-state index contributed by atoms with van der Waals surface area (Å²) in [7, 11) is 0. The minimum atomic E-state index is -1.17. The van der Waals surface area contributed by atoms with Gasteiger partial charge in [0.05, 0.1) is 12.4 Å². The number of carboxylic acids is 1. The molecular formula is C16H27N5O4. The summed E-state index contributed by atoms with van der Waals surface area (Å²) in [5.74, 6) is -2.49. The van der Waals surface area contributed by atoms with Gasteiger partial charge in [-0.1, -0.05) is 27.7 Å². The number of H-pyrrole nitrogens is 1. The number of aromatic nitrogens is 2. The van der Waals surface area contributed by atoms with E-state index in [9.17, 15) is 19.5 Å². The van der Waals surface area contributed by atoms with E-state index in [1.807, 2.05) is 0 Å². The van der Waals surface area contributed by atoms with E-state index in [4.69, 9.17) is 5.73 Å². The van der Waals surface area contributed by atoms with Crippen molar-refractivity contribution in [2.45, 2.75) is 52.2 Å². The lowest BCUT2D eigenvalue weighted by Crippen LogP contribution is -2.57. The molecule has 1 heterocycles. The highest BCUT2D eigenvalue weighted by atomic mass is 16.4. The fraction of sp³-hybridized carbons (Fsp3) is 0.625. The number of nitrogens with two attached hydrogens (primary N) is 1. The van der Waals surface area contributed by atoms with Gasteiger partial charge in [-0.05, 0) is 11.8 Å². The van der Waals surface area contributed by atoms with Gasteiger partial charge in [0.25, 0.3) is 0 Å². The molecule has 0 fully saturated rings. The third-order valence-electron chi connectivity index (χ3n) is 3.86. The molecule has 1 aromatic heterocycles. The van der Waals surface area contributed by atoms with Crippen LogP contribution >= 0.6 is 0 Å². The molecule has 0 aliphatic rings. The number of nitrogens with one attached hydrogen (secondary N) is 3. The minimum Gasteiger partial charge on any atom is -0.480 e. The summed E-state index contributed by atoms with van der Waals surface area (Å²) in [6.45, 7) is 7.13. The molecule has 0 saturated heterocycles. The van der Waals surface area contributed by atoms with Crippen molar-refractivity contribution in [2.75, 3.05) is 0 Å². The first-order chi connectivity index (χ1) is 11.6. The van der Waals surface area contributed by atoms with Crippen LogP contribution in [0.3, 0.4) is 0 Å². The number of carboxylic acid groups (broad SMARTS) is 1. The summed E-state index contributed by atoms with van der Waals surface area (Å²) in [5.41, 5.74) is 6.38. The fourth-order valence-electron chi connectivity index (χ4n) is 2.17. The Balaban J connectivity index is 2.79. The molecule has 140 valence electrons. The average molecular weight is 353 g/mol. The highest BCUT2D eigenvalue weighted by Crippen LogP contribution is 2.07. The van der Waals surface area contributed by atoms with Crippen molar-refractivity contribution in [3.8, 4) is 0 Å². The molecule has 25 heavy (non-hydrogen) atoms. The summed E-state index contributed by atoms with van der Waals surface area (Å²) >= 11 is 0. The number of aliphatic carboxylic acids is 1. The molecule has 0 aliphatic carbocycles. The van der Waals surface area contributed by atoms with Crippen molar-refractivity contribution in [2.24, 2.45) is 17.6 Å². The topological polar surface area (TPSA) is 150 Å². The van der Waals surface area contributed by atoms with Crippen molar-refractivity contribution in [3.63, 3.8) is 0 Å². The van der Waals surface area contributed by atoms with E-state index in [1.165, 1.54) is 12.5 Å². The van der Waals surface area contributed by atoms with Crippen LogP contribution in [-0.4, -0.2) is 51.0 Å². The third kappa shape index (κ3) is 6.18. The maximum atomic E-state index is 12.5. The number of rotatable bonds is 9. The summed E-state index contributed by atoms with van der Waals surface area (Å²) in [6, 6.07) is -2.75. The maximum absolute atomic E-state index is 12.5. The molecule has 0 aromatic carbocycles. The van der Waals surface area contributed by atoms with Crippen LogP contribution in [0.15, 0.2) is 12.5 Å². The van der Waals surface area contributed by atoms with Crippen molar-refractivity contribution >= 4 is 17.8 Å². The highest BCUT2D eigenvalue weighted by molar-refractivity contribution is 5.92. The van der Waals surface area contributed by atoms with Crippen LogP contribution in [0.5, 0.6) is 0 Å². The number of hydrogen-bond acceptors (Lipinski definition) is 5. The van der Waals surface area contributed by atoms with Crippen LogP contribution in [0.4, 0.5) is 0 Å². The molecule has 0 bridgehead atoms. The molecule has 0 saturated carbocycles. The predicted octanol–water partition coefficient (Wildman–Crippen LogP) is -0.354. The van der Waals surface area contributed by atoms with Crippen LogP contribution in [0.25, 0.3) is 0 Å². The van der Waals surface area contributed by atoms with E-state index < -0.39 is 35.9 Å². The van der Waals surface area contributed by atoms with Crippen molar-refractivity contribution in [1.29, 1.82) is 0 Å². The molecule has 0 radical (unpaired) electrons. The van der Waals surface area contributed by atoms with E-state index in [2.05, 4.69) is 20.6 Å². The Morgan fingerprint density at radius 2 is 1.80 bits per heavy atom. The summed E-state index contributed by atoms with van der Waals surface area (Å²) in [5, 5.41) is 14.4. The van der Waals surface area contributed by atoms with Crippen LogP contribution in [0.1, 0.15) is 33.4 Å². The summed E-state index contributed by atoms with van der Waals surface area (Å²) in [4.78, 5) is 42.7. The molecule has 0 spiro atoms. The van der Waals surface area contributed by atoms with Gasteiger partial charge in [0, 0.05) is 18.3 Å². The normalized spacial score (nSPS) is 14.8. The zero-order valence-electron chi connectivity index (χ0n) is 14.9. The third-order valence-corrected chi connectivity index (χ3v) is 3.86. The van der Waals surface area contributed by atoms with Crippen LogP contribution in [0.2, 0.25) is 0 Å². The van der Waals surface area contributed by atoms with Crippen molar-refractivity contribution < 1.29 is 19.5 Å². The number of nitrogens with zero attached hydrogens (tertiary/aromatic N) is 1. The Bertz CT molecular complexity index is 585. The van der Waals surface area contributed by atoms with Gasteiger partial charge < -0.3 is 26.5 Å². The number of imidazole rings is 1. The maximum Gasteiger partial charge on any atom is 0.326 e. The van der Waals surface area contributed by atoms with Gasteiger partial charge in [-0.25, -0.2) is 9.78 Å². The second-order valence-corrected chi connectivity index (χ2v) is 6.68. The first-order valence-electron chi connectivity index (χ1n) is 8.19. The molecule has 3 atom stereocenters. The first kappa shape index (κ1) is 20.6. The van der Waals surface area contributed by atoms with E-state index in [0.29, 0.717) is 5.69 Å². The molecule has 1 aromatic rings. The Hall–Kier alpha value is -2.42. The van der Waals surface area contributed by atoms with Gasteiger partial charge in [0.15, 0.2) is 0 Å². The molecule has 1 rings (SSSR count). The summed E-state index contributed by atoms with van der Waals surface area (Å²) in [6.07, 6.45) is 2.98. The average Bonchev–Trinajstić information content (AvgIpc) is 3.03. The quantitative estimate of drug-likeness (QED) is 0.409. The van der Waals surface area contributed by atoms with Crippen LogP contribution < -0.4 is 16.4 Å². The largest absolute Gasteiger partial charge is 0.480 e. The van der Waals surface area contributed by atoms with Gasteiger partial charge in [0.2, 0.25) is 11.8 Å². The molecule has 6 N–H and O–H groups in total. The number of carbonyl (C=O) groups is 3. The van der Waals surface area contributed by atoms with E-state index in [1.54, 1.807) is 27.7 Å². The van der Waals surface area contributed by atoms with E-state index >= 15 is 0 Å². The molecular weight excluding hydrogens is 326 g/mol. The van der Waals surface area contributed by atoms with Gasteiger partial charge in [-0.15, -0.1) is 0 Å². The molecule has 9 heteroatoms. The van der Waals surface area contributed by atoms with Crippen LogP contribution in [0, 0.1) is 11.8 Å². The van der Waals surface area contributed by atoms with Gasteiger partial charge >= 0.3 is 5.97 Å². The lowest BCUT2D eigenvalue weighted by atomic mass is 10.00. The second kappa shape index (κ2) is 9.16. The SMILES string of the molecule is CC(C)[C@H](N)C(=O)N[C@H](C(=O)N[C@@H](Cc1cnc[nH]1)C(=O)O)C(C)C. The van der Waals surface area contributed by atoms with Crippen LogP contribution in [-0.2, 0) is 20.8 Å². The lowest BCUT2D eigenvalue weighted by molar-refractivity contribution is -0.142. The monoisotopic (exact) mass is 353 g/mol. The first-order valence-corrected chi connectivity index (χ1v) is 8.19. The number of hydrogen-bond donors (Lipinski definition) is 5. The molecule has 9 nitrogen and oxygen atoms in total. The van der Waals surface area contributed by atoms with Gasteiger partial charge in [-0.3, -0.25) is 9.59 Å². The van der Waals surface area contributed by atoms with Crippen molar-refractivity contribution in [1.82, 2.24) is 20.6 Å². The predicted molar refractivity (Wildman–Crippen MR) is 91.4 cm³/mol. The molecule has 0 unspecified atom stereocenters. The fourth-order valence-corrected chi connectivity index (χ4v) is 2.17. The van der Waals surface area contributed by atoms with Crippen molar-refractivity contribution in [3.05, 3.63) is 18.2 Å². The van der Waals surface area contributed by atoms with E-state index in [0.717, 1.165) is 0 Å². The Morgan fingerprint density at radius 3 is 2.24 bits per heavy atom. The van der Waals surface area contributed by atoms with Gasteiger partial charge in [-0.2, -0.15) is 0 Å². The van der Waals surface area contributed by atoms with Gasteiger partial charge in [0.1, 0.15) is 12.1 Å². The Labute approximate surface area is 146 Å². The Morgan fingerprint density at radius 1 is 1.16 bits per heavy atom. The Kier molecular flexibility index (Phi) is 7.56. The standard InChI is InChI=1S/C16H27N5O4/c1-8(2)12(17)14(22)21-13(9(3)4)15(23)20-11(16(24)25)5-10-6-18-7-19-10/h6-9,11-13H,5,17H2,1-4H3,(H,18,19)(H,20,23)(H,21,22)(H,24,25)/t11-,12-,13-/m0/s1. The lowest BCUT2D eigenvalue weighted by Gasteiger charge is -2.26. The zero-order valence-corrected chi connectivity index (χ0v) is 14.9. The summed E-state index contributed by atoms with van der Waals surface area (Å²) < 4.78 is 0. The molecule has 0 aliphatic heterocycles. The minimum absolute atomic E-state index is 0.0609. The second-order valence-electron chi connectivity index (χ2n) is 6.68. The number of carbonyl (C=O) groups excluding carboxylic acids is 2. The zero-order chi connectivity index (χ0) is 19.1. The smallest absolute Gasteiger partial charge is 0.326 e. The number of aromatic amines is 1. The molecule has 2 amide bonds.